The van der Waals surface area contributed by atoms with Gasteiger partial charge in [-0.1, -0.05) is 66.2 Å². The third-order valence-corrected chi connectivity index (χ3v) is 9.33. The summed E-state index contributed by atoms with van der Waals surface area (Å²) in [6.07, 6.45) is 0. The van der Waals surface area contributed by atoms with E-state index in [0.29, 0.717) is 22.0 Å². The van der Waals surface area contributed by atoms with E-state index in [1.807, 2.05) is 38.1 Å². The lowest BCUT2D eigenvalue weighted by Gasteiger charge is -2.51. The molecule has 1 aliphatic heterocycles. The van der Waals surface area contributed by atoms with Crippen molar-refractivity contribution in [1.82, 2.24) is 0 Å². The second-order valence-corrected chi connectivity index (χ2v) is 11.2. The molecule has 2 bridgehead atoms. The summed E-state index contributed by atoms with van der Waals surface area (Å²) < 4.78 is 0. The highest BCUT2D eigenvalue weighted by Gasteiger charge is 2.68. The molecule has 1 N–H and O–H groups in total. The van der Waals surface area contributed by atoms with Crippen LogP contribution in [0.4, 0.5) is 11.4 Å². The standard InChI is InChI=1S/C33H25ClN2O3/c1-18-25(34)12-7-13-26(18)35-30(37)19-14-16-20(17-15-19)36-31(38)29-27-21-8-3-5-10-23(21)28(33(29,2)32(36)39)24-11-6-4-9-22(24)27/h3-17,27-29H,1-2H3,(H,35,37)/t27?,28?,29-,33-/m1/s1. The van der Waals surface area contributed by atoms with Crippen molar-refractivity contribution >= 4 is 40.7 Å². The number of halogens is 1. The van der Waals surface area contributed by atoms with Crippen molar-refractivity contribution in [2.24, 2.45) is 11.3 Å². The van der Waals surface area contributed by atoms with Gasteiger partial charge in [-0.2, -0.15) is 0 Å². The van der Waals surface area contributed by atoms with E-state index in [0.717, 1.165) is 27.8 Å². The molecule has 3 aliphatic carbocycles. The Morgan fingerprint density at radius 3 is 2.03 bits per heavy atom. The summed E-state index contributed by atoms with van der Waals surface area (Å²) in [7, 11) is 0. The van der Waals surface area contributed by atoms with Gasteiger partial charge in [0.15, 0.2) is 0 Å². The van der Waals surface area contributed by atoms with Crippen LogP contribution in [-0.4, -0.2) is 17.7 Å². The third kappa shape index (κ3) is 3.17. The van der Waals surface area contributed by atoms with Crippen LogP contribution in [0.5, 0.6) is 0 Å². The zero-order chi connectivity index (χ0) is 27.1. The first-order chi connectivity index (χ1) is 18.8. The van der Waals surface area contributed by atoms with Gasteiger partial charge in [-0.15, -0.1) is 0 Å². The molecule has 8 rings (SSSR count). The van der Waals surface area contributed by atoms with Gasteiger partial charge in [0, 0.05) is 28.1 Å². The summed E-state index contributed by atoms with van der Waals surface area (Å²) >= 11 is 6.19. The van der Waals surface area contributed by atoms with Gasteiger partial charge in [-0.25, -0.2) is 4.90 Å². The molecule has 6 heteroatoms. The van der Waals surface area contributed by atoms with Crippen LogP contribution in [0.25, 0.3) is 0 Å². The zero-order valence-electron chi connectivity index (χ0n) is 21.4. The molecule has 1 saturated heterocycles. The third-order valence-electron chi connectivity index (χ3n) is 8.92. The van der Waals surface area contributed by atoms with Crippen molar-refractivity contribution in [3.63, 3.8) is 0 Å². The number of hydrogen-bond acceptors (Lipinski definition) is 3. The van der Waals surface area contributed by atoms with E-state index in [2.05, 4.69) is 29.6 Å². The van der Waals surface area contributed by atoms with Crippen molar-refractivity contribution in [2.75, 3.05) is 10.2 Å². The van der Waals surface area contributed by atoms with Gasteiger partial charge in [0.25, 0.3) is 5.91 Å². The van der Waals surface area contributed by atoms with E-state index in [9.17, 15) is 14.4 Å². The molecule has 3 amide bonds. The number of anilines is 2. The molecule has 0 saturated carbocycles. The molecule has 4 aromatic carbocycles. The van der Waals surface area contributed by atoms with Gasteiger partial charge >= 0.3 is 0 Å². The molecule has 4 aromatic rings. The summed E-state index contributed by atoms with van der Waals surface area (Å²) in [6, 6.07) is 28.4. The molecule has 39 heavy (non-hydrogen) atoms. The maximum Gasteiger partial charge on any atom is 0.255 e. The Bertz CT molecular complexity index is 1670. The molecule has 1 fully saturated rings. The Morgan fingerprint density at radius 2 is 1.41 bits per heavy atom. The largest absolute Gasteiger partial charge is 0.322 e. The Hall–Kier alpha value is -4.22. The van der Waals surface area contributed by atoms with Crippen LogP contribution in [0.2, 0.25) is 5.02 Å². The number of hydrogen-bond donors (Lipinski definition) is 1. The molecule has 0 aromatic heterocycles. The highest BCUT2D eigenvalue weighted by atomic mass is 35.5. The minimum absolute atomic E-state index is 0.181. The molecule has 5 nitrogen and oxygen atoms in total. The van der Waals surface area contributed by atoms with Gasteiger partial charge in [0.2, 0.25) is 11.8 Å². The van der Waals surface area contributed by atoms with Crippen molar-refractivity contribution in [2.45, 2.75) is 25.7 Å². The molecule has 2 atom stereocenters. The molecule has 4 aliphatic rings. The summed E-state index contributed by atoms with van der Waals surface area (Å²) in [5.74, 6) is -1.55. The number of amides is 3. The molecule has 192 valence electrons. The quantitative estimate of drug-likeness (QED) is 0.299. The monoisotopic (exact) mass is 532 g/mol. The van der Waals surface area contributed by atoms with Crippen LogP contribution in [0.3, 0.4) is 0 Å². The molecule has 0 spiro atoms. The fourth-order valence-corrected chi connectivity index (χ4v) is 7.23. The van der Waals surface area contributed by atoms with Crippen molar-refractivity contribution in [1.29, 1.82) is 0 Å². The molecule has 1 heterocycles. The Labute approximate surface area is 231 Å². The minimum atomic E-state index is -0.898. The predicted octanol–water partition coefficient (Wildman–Crippen LogP) is 6.69. The van der Waals surface area contributed by atoms with Gasteiger partial charge in [0.1, 0.15) is 0 Å². The van der Waals surface area contributed by atoms with Gasteiger partial charge in [0.05, 0.1) is 17.0 Å². The molecule has 0 unspecified atom stereocenters. The highest BCUT2D eigenvalue weighted by Crippen LogP contribution is 2.67. The average molecular weight is 533 g/mol. The van der Waals surface area contributed by atoms with Gasteiger partial charge in [-0.05, 0) is 78.1 Å². The lowest BCUT2D eigenvalue weighted by Crippen LogP contribution is -2.49. The van der Waals surface area contributed by atoms with Crippen LogP contribution in [0.15, 0.2) is 91.0 Å². The normalized spacial score (nSPS) is 24.3. The Kier molecular flexibility index (Phi) is 5.13. The number of carbonyl (C=O) groups excluding carboxylic acids is 3. The fourth-order valence-electron chi connectivity index (χ4n) is 7.06. The summed E-state index contributed by atoms with van der Waals surface area (Å²) in [4.78, 5) is 42.6. The van der Waals surface area contributed by atoms with Crippen molar-refractivity contribution in [3.05, 3.63) is 129 Å². The van der Waals surface area contributed by atoms with Crippen LogP contribution >= 0.6 is 11.6 Å². The van der Waals surface area contributed by atoms with Crippen LogP contribution in [0.1, 0.15) is 56.9 Å². The first kappa shape index (κ1) is 23.9. The van der Waals surface area contributed by atoms with Crippen molar-refractivity contribution < 1.29 is 14.4 Å². The second kappa shape index (κ2) is 8.39. The van der Waals surface area contributed by atoms with E-state index in [-0.39, 0.29) is 29.6 Å². The first-order valence-electron chi connectivity index (χ1n) is 13.0. The number of carbonyl (C=O) groups is 3. The summed E-state index contributed by atoms with van der Waals surface area (Å²) in [6.45, 7) is 3.80. The first-order valence-corrected chi connectivity index (χ1v) is 13.4. The van der Waals surface area contributed by atoms with E-state index >= 15 is 0 Å². The number of nitrogens with zero attached hydrogens (tertiary/aromatic N) is 1. The van der Waals surface area contributed by atoms with Crippen LogP contribution in [-0.2, 0) is 9.59 Å². The molecule has 0 radical (unpaired) electrons. The van der Waals surface area contributed by atoms with Gasteiger partial charge in [-0.3, -0.25) is 14.4 Å². The molecular weight excluding hydrogens is 508 g/mol. The molecular formula is C33H25ClN2O3. The van der Waals surface area contributed by atoms with Crippen LogP contribution < -0.4 is 10.2 Å². The number of imide groups is 1. The Morgan fingerprint density at radius 1 is 0.821 bits per heavy atom. The number of benzene rings is 4. The number of rotatable bonds is 3. The SMILES string of the molecule is Cc1c(Cl)cccc1NC(=O)c1ccc(N2C(=O)[C@H]3C4c5ccccc5C(c5ccccc54)[C@@]3(C)C2=O)cc1. The topological polar surface area (TPSA) is 66.5 Å². The smallest absolute Gasteiger partial charge is 0.255 e. The summed E-state index contributed by atoms with van der Waals surface area (Å²) in [5, 5.41) is 3.46. The highest BCUT2D eigenvalue weighted by molar-refractivity contribution is 6.31. The van der Waals surface area contributed by atoms with E-state index in [4.69, 9.17) is 11.6 Å². The van der Waals surface area contributed by atoms with Gasteiger partial charge < -0.3 is 5.32 Å². The fraction of sp³-hybridized carbons (Fsp3) is 0.182. The lowest BCUT2D eigenvalue weighted by molar-refractivity contribution is -0.128. The zero-order valence-corrected chi connectivity index (χ0v) is 22.2. The van der Waals surface area contributed by atoms with E-state index < -0.39 is 11.3 Å². The Balaban J connectivity index is 1.24. The maximum absolute atomic E-state index is 14.2. The minimum Gasteiger partial charge on any atom is -0.322 e. The lowest BCUT2D eigenvalue weighted by atomic mass is 9.48. The summed E-state index contributed by atoms with van der Waals surface area (Å²) in [5.41, 5.74) is 5.94. The average Bonchev–Trinajstić information content (AvgIpc) is 3.16. The van der Waals surface area contributed by atoms with Crippen LogP contribution in [0, 0.1) is 18.3 Å². The maximum atomic E-state index is 14.2. The predicted molar refractivity (Wildman–Crippen MR) is 151 cm³/mol. The second-order valence-electron chi connectivity index (χ2n) is 10.8. The van der Waals surface area contributed by atoms with E-state index in [1.165, 1.54) is 4.90 Å². The number of nitrogens with one attached hydrogen (secondary N) is 1. The van der Waals surface area contributed by atoms with E-state index in [1.54, 1.807) is 42.5 Å². The van der Waals surface area contributed by atoms with Crippen molar-refractivity contribution in [3.8, 4) is 0 Å².